The summed E-state index contributed by atoms with van der Waals surface area (Å²) < 4.78 is 13.7. The zero-order valence-corrected chi connectivity index (χ0v) is 19.0. The molecule has 0 saturated heterocycles. The molecular formula is C26H22ClFN2O2. The van der Waals surface area contributed by atoms with E-state index in [0.717, 1.165) is 33.2 Å². The van der Waals surface area contributed by atoms with Gasteiger partial charge in [0.15, 0.2) is 0 Å². The number of halogens is 2. The molecule has 0 spiro atoms. The van der Waals surface area contributed by atoms with Crippen molar-refractivity contribution in [3.63, 3.8) is 0 Å². The zero-order valence-electron chi connectivity index (χ0n) is 18.2. The van der Waals surface area contributed by atoms with E-state index < -0.39 is 17.6 Å². The standard InChI is InChI=1S/C26H22ClFN2O2/c1-14-5-7-18(11-16(14)3)23-24(29-19-8-6-15(2)17(4)12-19)26(32)30(25(23)31)20-9-10-22(28)21(27)13-20/h5-13,29H,1-4H3. The topological polar surface area (TPSA) is 49.4 Å². The van der Waals surface area contributed by atoms with Gasteiger partial charge in [-0.15, -0.1) is 0 Å². The van der Waals surface area contributed by atoms with Gasteiger partial charge in [-0.2, -0.15) is 0 Å². The van der Waals surface area contributed by atoms with Crippen LogP contribution in [0.1, 0.15) is 27.8 Å². The van der Waals surface area contributed by atoms with Gasteiger partial charge in [0, 0.05) is 5.69 Å². The average Bonchev–Trinajstić information content (AvgIpc) is 2.99. The second-order valence-electron chi connectivity index (χ2n) is 8.02. The molecule has 32 heavy (non-hydrogen) atoms. The number of rotatable bonds is 4. The summed E-state index contributed by atoms with van der Waals surface area (Å²) >= 11 is 5.92. The van der Waals surface area contributed by atoms with Gasteiger partial charge < -0.3 is 5.32 Å². The summed E-state index contributed by atoms with van der Waals surface area (Å²) in [5, 5.41) is 3.00. The van der Waals surface area contributed by atoms with Crippen LogP contribution in [0.4, 0.5) is 15.8 Å². The van der Waals surface area contributed by atoms with Crippen LogP contribution < -0.4 is 10.2 Å². The SMILES string of the molecule is Cc1ccc(NC2=C(c3ccc(C)c(C)c3)C(=O)N(c3ccc(F)c(Cl)c3)C2=O)cc1C. The van der Waals surface area contributed by atoms with Gasteiger partial charge in [0.1, 0.15) is 11.5 Å². The second kappa shape index (κ2) is 8.24. The first-order valence-electron chi connectivity index (χ1n) is 10.2. The third kappa shape index (κ3) is 3.80. The normalized spacial score (nSPS) is 13.9. The molecule has 0 atom stereocenters. The highest BCUT2D eigenvalue weighted by atomic mass is 35.5. The van der Waals surface area contributed by atoms with Gasteiger partial charge in [0.25, 0.3) is 11.8 Å². The lowest BCUT2D eigenvalue weighted by Gasteiger charge is -2.16. The van der Waals surface area contributed by atoms with Crippen LogP contribution in [0.5, 0.6) is 0 Å². The monoisotopic (exact) mass is 448 g/mol. The van der Waals surface area contributed by atoms with Crippen LogP contribution in [0.2, 0.25) is 5.02 Å². The number of amides is 2. The van der Waals surface area contributed by atoms with Crippen molar-refractivity contribution in [1.29, 1.82) is 0 Å². The molecule has 1 aliphatic heterocycles. The molecule has 0 bridgehead atoms. The molecule has 162 valence electrons. The van der Waals surface area contributed by atoms with Crippen LogP contribution in [0.3, 0.4) is 0 Å². The number of hydrogen-bond acceptors (Lipinski definition) is 3. The van der Waals surface area contributed by atoms with Gasteiger partial charge in [-0.25, -0.2) is 9.29 Å². The van der Waals surface area contributed by atoms with Crippen LogP contribution in [-0.2, 0) is 9.59 Å². The Balaban J connectivity index is 1.85. The van der Waals surface area contributed by atoms with E-state index in [-0.39, 0.29) is 22.0 Å². The van der Waals surface area contributed by atoms with Crippen LogP contribution in [-0.4, -0.2) is 11.8 Å². The summed E-state index contributed by atoms with van der Waals surface area (Å²) in [7, 11) is 0. The van der Waals surface area contributed by atoms with E-state index >= 15 is 0 Å². The van der Waals surface area contributed by atoms with Crippen molar-refractivity contribution in [2.45, 2.75) is 27.7 Å². The summed E-state index contributed by atoms with van der Waals surface area (Å²) in [6, 6.07) is 15.2. The molecule has 0 aromatic heterocycles. The minimum Gasteiger partial charge on any atom is -0.350 e. The Hall–Kier alpha value is -3.44. The highest BCUT2D eigenvalue weighted by molar-refractivity contribution is 6.46. The zero-order chi connectivity index (χ0) is 23.2. The molecule has 3 aromatic carbocycles. The Labute approximate surface area is 191 Å². The van der Waals surface area contributed by atoms with Gasteiger partial charge in [-0.3, -0.25) is 9.59 Å². The molecule has 0 radical (unpaired) electrons. The lowest BCUT2D eigenvalue weighted by Crippen LogP contribution is -2.32. The molecule has 0 unspecified atom stereocenters. The molecule has 6 heteroatoms. The molecule has 1 heterocycles. The van der Waals surface area contributed by atoms with Gasteiger partial charge in [0.2, 0.25) is 0 Å². The van der Waals surface area contributed by atoms with E-state index in [0.29, 0.717) is 11.3 Å². The molecule has 2 amide bonds. The van der Waals surface area contributed by atoms with Crippen molar-refractivity contribution in [2.75, 3.05) is 10.2 Å². The second-order valence-corrected chi connectivity index (χ2v) is 8.42. The molecule has 4 nitrogen and oxygen atoms in total. The first kappa shape index (κ1) is 21.8. The fourth-order valence-electron chi connectivity index (χ4n) is 3.63. The largest absolute Gasteiger partial charge is 0.350 e. The van der Waals surface area contributed by atoms with Gasteiger partial charge in [-0.05, 0) is 85.8 Å². The van der Waals surface area contributed by atoms with Crippen molar-refractivity contribution in [3.8, 4) is 0 Å². The van der Waals surface area contributed by atoms with Crippen molar-refractivity contribution < 1.29 is 14.0 Å². The number of imide groups is 1. The number of anilines is 2. The smallest absolute Gasteiger partial charge is 0.282 e. The van der Waals surface area contributed by atoms with Crippen LogP contribution in [0.25, 0.3) is 5.57 Å². The van der Waals surface area contributed by atoms with E-state index in [4.69, 9.17) is 11.6 Å². The summed E-state index contributed by atoms with van der Waals surface area (Å²) in [6.45, 7) is 7.92. The summed E-state index contributed by atoms with van der Waals surface area (Å²) in [6.07, 6.45) is 0. The number of carbonyl (C=O) groups excluding carboxylic acids is 2. The predicted molar refractivity (Wildman–Crippen MR) is 126 cm³/mol. The van der Waals surface area contributed by atoms with Crippen molar-refractivity contribution >= 4 is 40.4 Å². The number of aryl methyl sites for hydroxylation is 4. The fourth-order valence-corrected chi connectivity index (χ4v) is 3.81. The highest BCUT2D eigenvalue weighted by Crippen LogP contribution is 2.35. The van der Waals surface area contributed by atoms with E-state index in [1.54, 1.807) is 0 Å². The minimum absolute atomic E-state index is 0.161. The highest BCUT2D eigenvalue weighted by Gasteiger charge is 2.40. The van der Waals surface area contributed by atoms with Crippen molar-refractivity contribution in [2.24, 2.45) is 0 Å². The summed E-state index contributed by atoms with van der Waals surface area (Å²) in [4.78, 5) is 28.0. The van der Waals surface area contributed by atoms with Crippen molar-refractivity contribution in [1.82, 2.24) is 0 Å². The van der Waals surface area contributed by atoms with Gasteiger partial charge in [0.05, 0.1) is 16.3 Å². The molecular weight excluding hydrogens is 427 g/mol. The Morgan fingerprint density at radius 1 is 0.781 bits per heavy atom. The van der Waals surface area contributed by atoms with E-state index in [2.05, 4.69) is 5.32 Å². The maximum atomic E-state index is 13.7. The van der Waals surface area contributed by atoms with Crippen LogP contribution in [0.15, 0.2) is 60.3 Å². The Bertz CT molecular complexity index is 1310. The average molecular weight is 449 g/mol. The first-order chi connectivity index (χ1) is 15.2. The van der Waals surface area contributed by atoms with Gasteiger partial charge >= 0.3 is 0 Å². The Kier molecular flexibility index (Phi) is 5.61. The fraction of sp³-hybridized carbons (Fsp3) is 0.154. The maximum Gasteiger partial charge on any atom is 0.282 e. The lowest BCUT2D eigenvalue weighted by molar-refractivity contribution is -0.120. The van der Waals surface area contributed by atoms with Crippen LogP contribution in [0, 0.1) is 33.5 Å². The van der Waals surface area contributed by atoms with Gasteiger partial charge in [-0.1, -0.05) is 35.9 Å². The van der Waals surface area contributed by atoms with Crippen molar-refractivity contribution in [3.05, 3.63) is 99.0 Å². The Morgan fingerprint density at radius 2 is 1.44 bits per heavy atom. The summed E-state index contributed by atoms with van der Waals surface area (Å²) in [5.74, 6) is -1.64. The number of benzene rings is 3. The minimum atomic E-state index is -0.620. The molecule has 0 aliphatic carbocycles. The molecule has 0 saturated carbocycles. The molecule has 1 N–H and O–H groups in total. The molecule has 3 aromatic rings. The first-order valence-corrected chi connectivity index (χ1v) is 10.5. The number of carbonyl (C=O) groups is 2. The third-order valence-corrected chi connectivity index (χ3v) is 6.11. The quantitative estimate of drug-likeness (QED) is 0.490. The summed E-state index contributed by atoms with van der Waals surface area (Å²) in [5.41, 5.74) is 6.24. The van der Waals surface area contributed by atoms with E-state index in [1.165, 1.54) is 12.1 Å². The maximum absolute atomic E-state index is 13.7. The number of nitrogens with zero attached hydrogens (tertiary/aromatic N) is 1. The number of nitrogens with one attached hydrogen (secondary N) is 1. The molecule has 4 rings (SSSR count). The molecule has 1 aliphatic rings. The predicted octanol–water partition coefficient (Wildman–Crippen LogP) is 6.11. The Morgan fingerprint density at radius 3 is 2.06 bits per heavy atom. The third-order valence-electron chi connectivity index (χ3n) is 5.82. The number of hydrogen-bond donors (Lipinski definition) is 1. The van der Waals surface area contributed by atoms with E-state index in [9.17, 15) is 14.0 Å². The van der Waals surface area contributed by atoms with Crippen LogP contribution >= 0.6 is 11.6 Å². The lowest BCUT2D eigenvalue weighted by atomic mass is 9.99. The van der Waals surface area contributed by atoms with E-state index in [1.807, 2.05) is 64.1 Å². The molecule has 0 fully saturated rings.